The third-order valence-electron chi connectivity index (χ3n) is 3.34. The summed E-state index contributed by atoms with van der Waals surface area (Å²) in [5.74, 6) is 0.678. The average Bonchev–Trinajstić information content (AvgIpc) is 3.17. The lowest BCUT2D eigenvalue weighted by molar-refractivity contribution is 0.0487. The molecule has 0 amide bonds. The number of rotatable bonds is 8. The summed E-state index contributed by atoms with van der Waals surface area (Å²) in [5, 5.41) is 3.27. The van der Waals surface area contributed by atoms with Gasteiger partial charge < -0.3 is 10.1 Å². The van der Waals surface area contributed by atoms with Crippen LogP contribution in [-0.2, 0) is 4.74 Å². The number of nitrogens with one attached hydrogen (secondary N) is 1. The van der Waals surface area contributed by atoms with Crippen molar-refractivity contribution < 1.29 is 9.13 Å². The minimum absolute atomic E-state index is 0.0422. The topological polar surface area (TPSA) is 21.3 Å². The van der Waals surface area contributed by atoms with Crippen molar-refractivity contribution in [3.05, 3.63) is 35.6 Å². The van der Waals surface area contributed by atoms with Gasteiger partial charge in [0.05, 0.1) is 6.10 Å². The minimum atomic E-state index is -0.195. The van der Waals surface area contributed by atoms with Gasteiger partial charge in [-0.3, -0.25) is 0 Å². The molecule has 1 atom stereocenters. The SMILES string of the molecule is CCNCC(OCCC1CC1)c1cccc(F)c1. The smallest absolute Gasteiger partial charge is 0.123 e. The van der Waals surface area contributed by atoms with Crippen LogP contribution in [0.4, 0.5) is 4.39 Å². The summed E-state index contributed by atoms with van der Waals surface area (Å²) in [4.78, 5) is 0. The molecule has 1 saturated carbocycles. The van der Waals surface area contributed by atoms with Crippen LogP contribution in [-0.4, -0.2) is 19.7 Å². The standard InChI is InChI=1S/C15H22FNO/c1-2-17-11-15(18-9-8-12-6-7-12)13-4-3-5-14(16)10-13/h3-5,10,12,15,17H,2,6-9,11H2,1H3. The molecule has 0 heterocycles. The van der Waals surface area contributed by atoms with Crippen LogP contribution in [0.15, 0.2) is 24.3 Å². The molecule has 1 aromatic carbocycles. The van der Waals surface area contributed by atoms with E-state index in [0.717, 1.165) is 37.6 Å². The Hall–Kier alpha value is -0.930. The fraction of sp³-hybridized carbons (Fsp3) is 0.600. The predicted octanol–water partition coefficient (Wildman–Crippen LogP) is 3.29. The highest BCUT2D eigenvalue weighted by molar-refractivity contribution is 5.19. The Balaban J connectivity index is 1.89. The summed E-state index contributed by atoms with van der Waals surface area (Å²) < 4.78 is 19.1. The molecule has 1 fully saturated rings. The molecule has 1 aromatic rings. The van der Waals surface area contributed by atoms with E-state index in [4.69, 9.17) is 4.74 Å². The first-order valence-electron chi connectivity index (χ1n) is 6.87. The second-order valence-electron chi connectivity index (χ2n) is 4.95. The van der Waals surface area contributed by atoms with Gasteiger partial charge in [0.15, 0.2) is 0 Å². The van der Waals surface area contributed by atoms with E-state index in [9.17, 15) is 4.39 Å². The minimum Gasteiger partial charge on any atom is -0.372 e. The van der Waals surface area contributed by atoms with Crippen LogP contribution >= 0.6 is 0 Å². The van der Waals surface area contributed by atoms with E-state index in [0.29, 0.717) is 0 Å². The van der Waals surface area contributed by atoms with E-state index < -0.39 is 0 Å². The first-order chi connectivity index (χ1) is 8.79. The molecule has 0 spiro atoms. The summed E-state index contributed by atoms with van der Waals surface area (Å²) >= 11 is 0. The zero-order valence-corrected chi connectivity index (χ0v) is 11.0. The fourth-order valence-corrected chi connectivity index (χ4v) is 2.04. The lowest BCUT2D eigenvalue weighted by Crippen LogP contribution is -2.23. The molecule has 1 aliphatic rings. The van der Waals surface area contributed by atoms with E-state index in [1.54, 1.807) is 12.1 Å². The van der Waals surface area contributed by atoms with Gasteiger partial charge >= 0.3 is 0 Å². The third-order valence-corrected chi connectivity index (χ3v) is 3.34. The predicted molar refractivity (Wildman–Crippen MR) is 71.0 cm³/mol. The maximum atomic E-state index is 13.2. The van der Waals surface area contributed by atoms with Crippen LogP contribution < -0.4 is 5.32 Å². The molecule has 0 saturated heterocycles. The van der Waals surface area contributed by atoms with Gasteiger partial charge in [-0.2, -0.15) is 0 Å². The second-order valence-corrected chi connectivity index (χ2v) is 4.95. The quantitative estimate of drug-likeness (QED) is 0.765. The van der Waals surface area contributed by atoms with Gasteiger partial charge in [-0.15, -0.1) is 0 Å². The van der Waals surface area contributed by atoms with Crippen molar-refractivity contribution in [1.82, 2.24) is 5.32 Å². The molecule has 0 bridgehead atoms. The van der Waals surface area contributed by atoms with Gasteiger partial charge in [0.2, 0.25) is 0 Å². The summed E-state index contributed by atoms with van der Waals surface area (Å²) in [5.41, 5.74) is 0.923. The van der Waals surface area contributed by atoms with E-state index in [2.05, 4.69) is 12.2 Å². The van der Waals surface area contributed by atoms with Gasteiger partial charge in [0.1, 0.15) is 5.82 Å². The highest BCUT2D eigenvalue weighted by Crippen LogP contribution is 2.32. The number of hydrogen-bond acceptors (Lipinski definition) is 2. The summed E-state index contributed by atoms with van der Waals surface area (Å²) in [6.07, 6.45) is 3.79. The second kappa shape index (κ2) is 6.86. The van der Waals surface area contributed by atoms with Gasteiger partial charge in [-0.05, 0) is 36.6 Å². The van der Waals surface area contributed by atoms with Gasteiger partial charge in [0.25, 0.3) is 0 Å². The molecule has 2 nitrogen and oxygen atoms in total. The Morgan fingerprint density at radius 1 is 1.44 bits per heavy atom. The first kappa shape index (κ1) is 13.5. The van der Waals surface area contributed by atoms with E-state index in [-0.39, 0.29) is 11.9 Å². The molecule has 1 unspecified atom stereocenters. The molecule has 0 aromatic heterocycles. The number of likely N-dealkylation sites (N-methyl/N-ethyl adjacent to an activating group) is 1. The van der Waals surface area contributed by atoms with Crippen molar-refractivity contribution in [2.45, 2.75) is 32.3 Å². The Morgan fingerprint density at radius 3 is 2.94 bits per heavy atom. The average molecular weight is 251 g/mol. The van der Waals surface area contributed by atoms with Crippen molar-refractivity contribution in [1.29, 1.82) is 0 Å². The van der Waals surface area contributed by atoms with Crippen LogP contribution in [0.2, 0.25) is 0 Å². The maximum absolute atomic E-state index is 13.2. The molecule has 18 heavy (non-hydrogen) atoms. The van der Waals surface area contributed by atoms with Crippen molar-refractivity contribution in [2.24, 2.45) is 5.92 Å². The number of ether oxygens (including phenoxy) is 1. The van der Waals surface area contributed by atoms with Crippen LogP contribution in [0.1, 0.15) is 37.9 Å². The van der Waals surface area contributed by atoms with Gasteiger partial charge in [0, 0.05) is 13.2 Å². The van der Waals surface area contributed by atoms with Crippen molar-refractivity contribution >= 4 is 0 Å². The number of hydrogen-bond donors (Lipinski definition) is 1. The van der Waals surface area contributed by atoms with Crippen LogP contribution in [0.25, 0.3) is 0 Å². The van der Waals surface area contributed by atoms with Crippen LogP contribution in [0.3, 0.4) is 0 Å². The summed E-state index contributed by atoms with van der Waals surface area (Å²) in [6.45, 7) is 4.48. The molecule has 1 N–H and O–H groups in total. The van der Waals surface area contributed by atoms with E-state index >= 15 is 0 Å². The molecule has 2 rings (SSSR count). The largest absolute Gasteiger partial charge is 0.372 e. The summed E-state index contributed by atoms with van der Waals surface area (Å²) in [7, 11) is 0. The maximum Gasteiger partial charge on any atom is 0.123 e. The molecule has 100 valence electrons. The third kappa shape index (κ3) is 4.39. The molecular formula is C15H22FNO. The zero-order valence-electron chi connectivity index (χ0n) is 11.0. The highest BCUT2D eigenvalue weighted by atomic mass is 19.1. The van der Waals surface area contributed by atoms with Crippen molar-refractivity contribution in [3.63, 3.8) is 0 Å². The fourth-order valence-electron chi connectivity index (χ4n) is 2.04. The zero-order chi connectivity index (χ0) is 12.8. The molecule has 1 aliphatic carbocycles. The highest BCUT2D eigenvalue weighted by Gasteiger charge is 2.21. The Morgan fingerprint density at radius 2 is 2.28 bits per heavy atom. The molecule has 3 heteroatoms. The van der Waals surface area contributed by atoms with Crippen molar-refractivity contribution in [3.8, 4) is 0 Å². The van der Waals surface area contributed by atoms with Crippen LogP contribution in [0.5, 0.6) is 0 Å². The number of halogens is 1. The van der Waals surface area contributed by atoms with Gasteiger partial charge in [-0.1, -0.05) is 31.9 Å². The van der Waals surface area contributed by atoms with Crippen molar-refractivity contribution in [2.75, 3.05) is 19.7 Å². The normalized spacial score (nSPS) is 16.8. The molecule has 0 aliphatic heterocycles. The Labute approximate surface area is 109 Å². The lowest BCUT2D eigenvalue weighted by Gasteiger charge is -2.19. The van der Waals surface area contributed by atoms with E-state index in [1.165, 1.54) is 18.9 Å². The van der Waals surface area contributed by atoms with Gasteiger partial charge in [-0.25, -0.2) is 4.39 Å². The monoisotopic (exact) mass is 251 g/mol. The lowest BCUT2D eigenvalue weighted by atomic mass is 10.1. The van der Waals surface area contributed by atoms with Crippen LogP contribution in [0, 0.1) is 11.7 Å². The Kier molecular flexibility index (Phi) is 5.14. The molecular weight excluding hydrogens is 229 g/mol. The summed E-state index contributed by atoms with van der Waals surface area (Å²) in [6, 6.07) is 6.72. The molecule has 0 radical (unpaired) electrons. The Bertz CT molecular complexity index is 365. The number of benzene rings is 1. The first-order valence-corrected chi connectivity index (χ1v) is 6.87. The van der Waals surface area contributed by atoms with E-state index in [1.807, 2.05) is 6.07 Å².